The summed E-state index contributed by atoms with van der Waals surface area (Å²) in [6, 6.07) is 4.60. The average Bonchev–Trinajstić information content (AvgIpc) is 2.47. The number of amides is 1. The normalized spacial score (nSPS) is 18.6. The van der Waals surface area contributed by atoms with Gasteiger partial charge in [-0.05, 0) is 56.5 Å². The van der Waals surface area contributed by atoms with Crippen LogP contribution in [0.4, 0.5) is 4.39 Å². The van der Waals surface area contributed by atoms with Crippen molar-refractivity contribution in [3.8, 4) is 5.75 Å². The number of halogens is 1. The first-order valence-electron chi connectivity index (χ1n) is 7.01. The van der Waals surface area contributed by atoms with Gasteiger partial charge in [0.1, 0.15) is 0 Å². The van der Waals surface area contributed by atoms with Gasteiger partial charge < -0.3 is 15.4 Å². The van der Waals surface area contributed by atoms with E-state index in [1.807, 2.05) is 6.92 Å². The molecule has 1 atom stereocenters. The van der Waals surface area contributed by atoms with Gasteiger partial charge in [0.2, 0.25) is 0 Å². The van der Waals surface area contributed by atoms with Gasteiger partial charge in [-0.25, -0.2) is 4.39 Å². The molecule has 1 aliphatic heterocycles. The van der Waals surface area contributed by atoms with E-state index < -0.39 is 5.82 Å². The summed E-state index contributed by atoms with van der Waals surface area (Å²) in [5.41, 5.74) is 0.898. The van der Waals surface area contributed by atoms with Crippen molar-refractivity contribution in [1.29, 1.82) is 0 Å². The second kappa shape index (κ2) is 7.24. The van der Waals surface area contributed by atoms with Crippen LogP contribution in [0, 0.1) is 18.7 Å². The van der Waals surface area contributed by atoms with Gasteiger partial charge in [-0.1, -0.05) is 6.07 Å². The van der Waals surface area contributed by atoms with E-state index in [1.165, 1.54) is 6.07 Å². The maximum absolute atomic E-state index is 13.4. The van der Waals surface area contributed by atoms with Crippen LogP contribution < -0.4 is 15.4 Å². The van der Waals surface area contributed by atoms with Crippen LogP contribution in [0.2, 0.25) is 0 Å². The van der Waals surface area contributed by atoms with Crippen LogP contribution in [0.25, 0.3) is 0 Å². The van der Waals surface area contributed by atoms with E-state index >= 15 is 0 Å². The molecule has 0 radical (unpaired) electrons. The molecule has 4 nitrogen and oxygen atoms in total. The summed E-state index contributed by atoms with van der Waals surface area (Å²) in [4.78, 5) is 11.7. The van der Waals surface area contributed by atoms with Crippen LogP contribution in [-0.2, 0) is 4.79 Å². The van der Waals surface area contributed by atoms with Crippen molar-refractivity contribution in [2.45, 2.75) is 19.8 Å². The molecule has 20 heavy (non-hydrogen) atoms. The number of nitrogens with one attached hydrogen (secondary N) is 2. The van der Waals surface area contributed by atoms with Gasteiger partial charge in [0.25, 0.3) is 5.91 Å². The number of rotatable bonds is 5. The number of benzene rings is 1. The van der Waals surface area contributed by atoms with Crippen molar-refractivity contribution in [1.82, 2.24) is 10.6 Å². The molecule has 1 aliphatic rings. The Hall–Kier alpha value is -1.62. The molecule has 1 saturated heterocycles. The molecule has 0 saturated carbocycles. The van der Waals surface area contributed by atoms with E-state index in [2.05, 4.69) is 10.6 Å². The van der Waals surface area contributed by atoms with Crippen molar-refractivity contribution < 1.29 is 13.9 Å². The molecule has 0 bridgehead atoms. The highest BCUT2D eigenvalue weighted by Crippen LogP contribution is 2.18. The fraction of sp³-hybridized carbons (Fsp3) is 0.533. The average molecular weight is 280 g/mol. The second-order valence-electron chi connectivity index (χ2n) is 5.24. The van der Waals surface area contributed by atoms with Gasteiger partial charge in [0.15, 0.2) is 18.2 Å². The predicted octanol–water partition coefficient (Wildman–Crippen LogP) is 1.63. The number of hydrogen-bond acceptors (Lipinski definition) is 3. The predicted molar refractivity (Wildman–Crippen MR) is 75.2 cm³/mol. The largest absolute Gasteiger partial charge is 0.481 e. The zero-order valence-electron chi connectivity index (χ0n) is 11.7. The third kappa shape index (κ3) is 4.49. The van der Waals surface area contributed by atoms with Gasteiger partial charge in [0.05, 0.1) is 0 Å². The van der Waals surface area contributed by atoms with E-state index in [-0.39, 0.29) is 18.3 Å². The number of piperidine rings is 1. The van der Waals surface area contributed by atoms with Crippen molar-refractivity contribution in [3.05, 3.63) is 29.6 Å². The third-order valence-electron chi connectivity index (χ3n) is 3.43. The third-order valence-corrected chi connectivity index (χ3v) is 3.43. The highest BCUT2D eigenvalue weighted by atomic mass is 19.1. The van der Waals surface area contributed by atoms with Crippen molar-refractivity contribution in [2.75, 3.05) is 26.2 Å². The lowest BCUT2D eigenvalue weighted by Gasteiger charge is -2.22. The number of ether oxygens (including phenoxy) is 1. The lowest BCUT2D eigenvalue weighted by molar-refractivity contribution is -0.123. The maximum atomic E-state index is 13.4. The van der Waals surface area contributed by atoms with Crippen LogP contribution in [0.5, 0.6) is 5.75 Å². The Morgan fingerprint density at radius 1 is 1.55 bits per heavy atom. The molecular weight excluding hydrogens is 259 g/mol. The fourth-order valence-electron chi connectivity index (χ4n) is 2.27. The maximum Gasteiger partial charge on any atom is 0.257 e. The van der Waals surface area contributed by atoms with Crippen LogP contribution in [0.15, 0.2) is 18.2 Å². The smallest absolute Gasteiger partial charge is 0.257 e. The lowest BCUT2D eigenvalue weighted by atomic mass is 10.00. The molecule has 1 amide bonds. The van der Waals surface area contributed by atoms with Gasteiger partial charge >= 0.3 is 0 Å². The highest BCUT2D eigenvalue weighted by molar-refractivity contribution is 5.77. The van der Waals surface area contributed by atoms with E-state index in [9.17, 15) is 9.18 Å². The number of carbonyl (C=O) groups is 1. The minimum Gasteiger partial charge on any atom is -0.481 e. The van der Waals surface area contributed by atoms with Gasteiger partial charge in [0, 0.05) is 6.54 Å². The first kappa shape index (κ1) is 14.8. The monoisotopic (exact) mass is 280 g/mol. The van der Waals surface area contributed by atoms with Crippen LogP contribution in [-0.4, -0.2) is 32.1 Å². The molecule has 1 heterocycles. The molecule has 110 valence electrons. The fourth-order valence-corrected chi connectivity index (χ4v) is 2.27. The van der Waals surface area contributed by atoms with Crippen molar-refractivity contribution in [3.63, 3.8) is 0 Å². The van der Waals surface area contributed by atoms with E-state index in [4.69, 9.17) is 4.74 Å². The molecule has 2 N–H and O–H groups in total. The Morgan fingerprint density at radius 3 is 3.15 bits per heavy atom. The van der Waals surface area contributed by atoms with Crippen molar-refractivity contribution in [2.24, 2.45) is 5.92 Å². The summed E-state index contributed by atoms with van der Waals surface area (Å²) >= 11 is 0. The standard InChI is InChI=1S/C15H21FN2O2/c1-11-4-5-13(16)14(7-11)20-10-15(19)18-9-12-3-2-6-17-8-12/h4-5,7,12,17H,2-3,6,8-10H2,1H3,(H,18,19). The SMILES string of the molecule is Cc1ccc(F)c(OCC(=O)NCC2CCCNC2)c1. The molecule has 0 aliphatic carbocycles. The van der Waals surface area contributed by atoms with Crippen LogP contribution in [0.1, 0.15) is 18.4 Å². The van der Waals surface area contributed by atoms with E-state index in [0.717, 1.165) is 31.5 Å². The van der Waals surface area contributed by atoms with Crippen LogP contribution >= 0.6 is 0 Å². The van der Waals surface area contributed by atoms with E-state index in [0.29, 0.717) is 12.5 Å². The molecule has 0 spiro atoms. The van der Waals surface area contributed by atoms with Gasteiger partial charge in [-0.15, -0.1) is 0 Å². The zero-order valence-corrected chi connectivity index (χ0v) is 11.7. The summed E-state index contributed by atoms with van der Waals surface area (Å²) < 4.78 is 18.6. The summed E-state index contributed by atoms with van der Waals surface area (Å²) in [5.74, 6) is -0.0563. The molecule has 1 aromatic rings. The molecule has 2 rings (SSSR count). The first-order chi connectivity index (χ1) is 9.65. The Balaban J connectivity index is 1.73. The van der Waals surface area contributed by atoms with E-state index in [1.54, 1.807) is 12.1 Å². The lowest BCUT2D eigenvalue weighted by Crippen LogP contribution is -2.39. The minimum absolute atomic E-state index is 0.125. The summed E-state index contributed by atoms with van der Waals surface area (Å²) in [6.45, 7) is 4.34. The Morgan fingerprint density at radius 2 is 2.40 bits per heavy atom. The number of aryl methyl sites for hydroxylation is 1. The highest BCUT2D eigenvalue weighted by Gasteiger charge is 2.14. The molecule has 0 aromatic heterocycles. The molecular formula is C15H21FN2O2. The number of carbonyl (C=O) groups excluding carboxylic acids is 1. The Labute approximate surface area is 118 Å². The quantitative estimate of drug-likeness (QED) is 0.862. The van der Waals surface area contributed by atoms with Crippen molar-refractivity contribution >= 4 is 5.91 Å². The summed E-state index contributed by atoms with van der Waals surface area (Å²) in [6.07, 6.45) is 2.27. The first-order valence-corrected chi connectivity index (χ1v) is 7.01. The zero-order chi connectivity index (χ0) is 14.4. The molecule has 1 unspecified atom stereocenters. The summed E-state index contributed by atoms with van der Waals surface area (Å²) in [7, 11) is 0. The Bertz CT molecular complexity index is 459. The second-order valence-corrected chi connectivity index (χ2v) is 5.24. The molecule has 5 heteroatoms. The topological polar surface area (TPSA) is 50.4 Å². The minimum atomic E-state index is -0.445. The van der Waals surface area contributed by atoms with Crippen LogP contribution in [0.3, 0.4) is 0 Å². The molecule has 1 fully saturated rings. The Kier molecular flexibility index (Phi) is 5.35. The number of hydrogen-bond donors (Lipinski definition) is 2. The summed E-state index contributed by atoms with van der Waals surface area (Å²) in [5, 5.41) is 6.13. The molecule has 1 aromatic carbocycles. The van der Waals surface area contributed by atoms with Gasteiger partial charge in [-0.2, -0.15) is 0 Å². The van der Waals surface area contributed by atoms with Gasteiger partial charge in [-0.3, -0.25) is 4.79 Å².